The van der Waals surface area contributed by atoms with E-state index in [9.17, 15) is 4.79 Å². The lowest BCUT2D eigenvalue weighted by molar-refractivity contribution is -0.123. The van der Waals surface area contributed by atoms with E-state index in [4.69, 9.17) is 9.26 Å². The van der Waals surface area contributed by atoms with Gasteiger partial charge in [-0.1, -0.05) is 37.1 Å². The van der Waals surface area contributed by atoms with E-state index in [1.807, 2.05) is 19.1 Å². The summed E-state index contributed by atoms with van der Waals surface area (Å²) in [4.78, 5) is 17.3. The second-order valence-corrected chi connectivity index (χ2v) is 8.37. The standard InChI is InChI=1S/C23H31N3O3/c1-2-21-24-22(26-29-21)23(14-5-6-15-23)25-20(27)13-12-17-8-7-11-19(16-17)28-18-9-3-4-10-18/h7-8,11,16,18H,2-6,9-10,12-15H2,1H3,(H,25,27). The van der Waals surface area contributed by atoms with Crippen LogP contribution < -0.4 is 10.1 Å². The SMILES string of the molecule is CCc1nc(C2(NC(=O)CCc3cccc(OC4CCCC4)c3)CCCC2)no1. The number of nitrogens with zero attached hydrogens (tertiary/aromatic N) is 2. The van der Waals surface area contributed by atoms with E-state index in [1.165, 1.54) is 12.8 Å². The lowest BCUT2D eigenvalue weighted by Gasteiger charge is -2.26. The third-order valence-electron chi connectivity index (χ3n) is 6.18. The molecular weight excluding hydrogens is 366 g/mol. The number of nitrogens with one attached hydrogen (secondary N) is 1. The average Bonchev–Trinajstić information content (AvgIpc) is 3.49. The fourth-order valence-corrected chi connectivity index (χ4v) is 4.54. The van der Waals surface area contributed by atoms with E-state index in [-0.39, 0.29) is 5.91 Å². The van der Waals surface area contributed by atoms with Crippen molar-refractivity contribution in [2.75, 3.05) is 0 Å². The van der Waals surface area contributed by atoms with Crippen molar-refractivity contribution in [2.24, 2.45) is 0 Å². The van der Waals surface area contributed by atoms with E-state index in [0.717, 1.165) is 49.8 Å². The smallest absolute Gasteiger partial charge is 0.226 e. The molecule has 2 aromatic rings. The minimum absolute atomic E-state index is 0.0388. The minimum atomic E-state index is -0.471. The number of hydrogen-bond acceptors (Lipinski definition) is 5. The Balaban J connectivity index is 1.35. The molecule has 1 aromatic heterocycles. The van der Waals surface area contributed by atoms with Gasteiger partial charge in [0.15, 0.2) is 5.82 Å². The normalized spacial score (nSPS) is 18.8. The molecule has 6 nitrogen and oxygen atoms in total. The highest BCUT2D eigenvalue weighted by Gasteiger charge is 2.41. The lowest BCUT2D eigenvalue weighted by atomic mass is 9.96. The van der Waals surface area contributed by atoms with Gasteiger partial charge < -0.3 is 14.6 Å². The zero-order valence-electron chi connectivity index (χ0n) is 17.3. The molecule has 2 aliphatic carbocycles. The molecule has 0 spiro atoms. The first-order chi connectivity index (χ1) is 14.2. The Morgan fingerprint density at radius 2 is 2.03 bits per heavy atom. The fourth-order valence-electron chi connectivity index (χ4n) is 4.54. The van der Waals surface area contributed by atoms with Crippen LogP contribution in [-0.2, 0) is 23.2 Å². The first-order valence-electron chi connectivity index (χ1n) is 11.1. The largest absolute Gasteiger partial charge is 0.490 e. The summed E-state index contributed by atoms with van der Waals surface area (Å²) in [5, 5.41) is 7.39. The van der Waals surface area contributed by atoms with E-state index in [2.05, 4.69) is 27.6 Å². The van der Waals surface area contributed by atoms with Gasteiger partial charge >= 0.3 is 0 Å². The molecule has 6 heteroatoms. The highest BCUT2D eigenvalue weighted by molar-refractivity contribution is 5.77. The van der Waals surface area contributed by atoms with E-state index >= 15 is 0 Å². The van der Waals surface area contributed by atoms with Crippen LogP contribution in [0, 0.1) is 0 Å². The van der Waals surface area contributed by atoms with E-state index in [0.29, 0.717) is 37.1 Å². The maximum Gasteiger partial charge on any atom is 0.226 e. The molecular formula is C23H31N3O3. The van der Waals surface area contributed by atoms with Gasteiger partial charge in [-0.15, -0.1) is 0 Å². The number of carbonyl (C=O) groups excluding carboxylic acids is 1. The summed E-state index contributed by atoms with van der Waals surface area (Å²) in [5.74, 6) is 2.21. The van der Waals surface area contributed by atoms with Gasteiger partial charge in [-0.05, 0) is 62.6 Å². The molecule has 0 bridgehead atoms. The summed E-state index contributed by atoms with van der Waals surface area (Å²) >= 11 is 0. The minimum Gasteiger partial charge on any atom is -0.490 e. The van der Waals surface area contributed by atoms with Crippen molar-refractivity contribution in [2.45, 2.75) is 89.2 Å². The second-order valence-electron chi connectivity index (χ2n) is 8.37. The number of hydrogen-bond donors (Lipinski definition) is 1. The molecule has 0 saturated heterocycles. The molecule has 0 aliphatic heterocycles. The quantitative estimate of drug-likeness (QED) is 0.711. The van der Waals surface area contributed by atoms with Crippen molar-refractivity contribution in [3.63, 3.8) is 0 Å². The number of rotatable bonds is 8. The van der Waals surface area contributed by atoms with Crippen molar-refractivity contribution < 1.29 is 14.1 Å². The zero-order chi connectivity index (χ0) is 20.1. The Kier molecular flexibility index (Phi) is 6.16. The second kappa shape index (κ2) is 8.97. The Morgan fingerprint density at radius 1 is 1.24 bits per heavy atom. The molecule has 0 unspecified atom stereocenters. The topological polar surface area (TPSA) is 77.2 Å². The number of carbonyl (C=O) groups is 1. The maximum absolute atomic E-state index is 12.8. The number of aryl methyl sites for hydroxylation is 2. The number of amides is 1. The molecule has 4 rings (SSSR count). The molecule has 29 heavy (non-hydrogen) atoms. The molecule has 1 heterocycles. The summed E-state index contributed by atoms with van der Waals surface area (Å²) in [5.41, 5.74) is 0.658. The van der Waals surface area contributed by atoms with E-state index in [1.54, 1.807) is 0 Å². The van der Waals surface area contributed by atoms with Crippen LogP contribution in [0.1, 0.15) is 82.0 Å². The molecule has 0 radical (unpaired) electrons. The number of benzene rings is 1. The van der Waals surface area contributed by atoms with Crippen LogP contribution in [0.5, 0.6) is 5.75 Å². The summed E-state index contributed by atoms with van der Waals surface area (Å²) in [7, 11) is 0. The summed E-state index contributed by atoms with van der Waals surface area (Å²) in [6.07, 6.45) is 10.8. The van der Waals surface area contributed by atoms with Gasteiger partial charge in [0.1, 0.15) is 11.3 Å². The molecule has 156 valence electrons. The van der Waals surface area contributed by atoms with Crippen LogP contribution in [0.15, 0.2) is 28.8 Å². The molecule has 1 amide bonds. The van der Waals surface area contributed by atoms with Crippen LogP contribution in [0.4, 0.5) is 0 Å². The first-order valence-corrected chi connectivity index (χ1v) is 11.1. The average molecular weight is 398 g/mol. The molecule has 2 fully saturated rings. The van der Waals surface area contributed by atoms with Crippen LogP contribution in [0.2, 0.25) is 0 Å². The van der Waals surface area contributed by atoms with Crippen molar-refractivity contribution in [1.29, 1.82) is 0 Å². The molecule has 1 N–H and O–H groups in total. The summed E-state index contributed by atoms with van der Waals surface area (Å²) in [6, 6.07) is 8.16. The highest BCUT2D eigenvalue weighted by Crippen LogP contribution is 2.37. The third-order valence-corrected chi connectivity index (χ3v) is 6.18. The van der Waals surface area contributed by atoms with E-state index < -0.39 is 5.54 Å². The van der Waals surface area contributed by atoms with Crippen molar-refractivity contribution in [1.82, 2.24) is 15.5 Å². The first kappa shape index (κ1) is 19.9. The van der Waals surface area contributed by atoms with Gasteiger partial charge in [0.05, 0.1) is 6.10 Å². The van der Waals surface area contributed by atoms with Crippen LogP contribution >= 0.6 is 0 Å². The van der Waals surface area contributed by atoms with Crippen molar-refractivity contribution in [3.05, 3.63) is 41.5 Å². The third kappa shape index (κ3) is 4.80. The van der Waals surface area contributed by atoms with Crippen LogP contribution in [0.25, 0.3) is 0 Å². The maximum atomic E-state index is 12.8. The fraction of sp³-hybridized carbons (Fsp3) is 0.609. The Hall–Kier alpha value is -2.37. The van der Waals surface area contributed by atoms with Gasteiger partial charge in [0, 0.05) is 12.8 Å². The monoisotopic (exact) mass is 397 g/mol. The van der Waals surface area contributed by atoms with Crippen LogP contribution in [0.3, 0.4) is 0 Å². The predicted octanol–water partition coefficient (Wildman–Crippen LogP) is 4.47. The van der Waals surface area contributed by atoms with Crippen LogP contribution in [-0.4, -0.2) is 22.2 Å². The molecule has 0 atom stereocenters. The summed E-state index contributed by atoms with van der Waals surface area (Å²) < 4.78 is 11.4. The Bertz CT molecular complexity index is 820. The van der Waals surface area contributed by atoms with Gasteiger partial charge in [-0.3, -0.25) is 4.79 Å². The summed E-state index contributed by atoms with van der Waals surface area (Å²) in [6.45, 7) is 1.99. The van der Waals surface area contributed by atoms with Gasteiger partial charge in [0.25, 0.3) is 0 Å². The molecule has 2 saturated carbocycles. The highest BCUT2D eigenvalue weighted by atomic mass is 16.5. The van der Waals surface area contributed by atoms with Gasteiger partial charge in [0.2, 0.25) is 11.8 Å². The Labute approximate surface area is 172 Å². The molecule has 2 aliphatic rings. The zero-order valence-corrected chi connectivity index (χ0v) is 17.3. The number of aromatic nitrogens is 2. The number of ether oxygens (including phenoxy) is 1. The lowest BCUT2D eigenvalue weighted by Crippen LogP contribution is -2.44. The van der Waals surface area contributed by atoms with Gasteiger partial charge in [-0.2, -0.15) is 4.98 Å². The van der Waals surface area contributed by atoms with Crippen molar-refractivity contribution in [3.8, 4) is 5.75 Å². The van der Waals surface area contributed by atoms with Gasteiger partial charge in [-0.25, -0.2) is 0 Å². The van der Waals surface area contributed by atoms with Crippen molar-refractivity contribution >= 4 is 5.91 Å². The predicted molar refractivity (Wildman–Crippen MR) is 110 cm³/mol. The Morgan fingerprint density at radius 3 is 2.76 bits per heavy atom. The molecule has 1 aromatic carbocycles.